The van der Waals surface area contributed by atoms with Crippen molar-refractivity contribution in [2.24, 2.45) is 0 Å². The zero-order chi connectivity index (χ0) is 15.3. The van der Waals surface area contributed by atoms with Gasteiger partial charge in [-0.25, -0.2) is 0 Å². The van der Waals surface area contributed by atoms with Gasteiger partial charge in [-0.3, -0.25) is 9.59 Å². The van der Waals surface area contributed by atoms with E-state index in [0.717, 1.165) is 5.56 Å². The SMILES string of the molecule is Cc1ccc(N)cc1C(=O)NCCC(=O)NC(C)(C)C.Cl. The van der Waals surface area contributed by atoms with E-state index in [-0.39, 0.29) is 36.2 Å². The molecule has 0 aromatic heterocycles. The number of benzene rings is 1. The van der Waals surface area contributed by atoms with Crippen LogP contribution in [0.2, 0.25) is 0 Å². The molecule has 1 rings (SSSR count). The fourth-order valence-electron chi connectivity index (χ4n) is 1.75. The molecule has 0 aliphatic heterocycles. The third-order valence-corrected chi connectivity index (χ3v) is 2.66. The van der Waals surface area contributed by atoms with Crippen molar-refractivity contribution in [1.29, 1.82) is 0 Å². The lowest BCUT2D eigenvalue weighted by molar-refractivity contribution is -0.122. The number of hydrogen-bond acceptors (Lipinski definition) is 3. The molecule has 1 aromatic carbocycles. The summed E-state index contributed by atoms with van der Waals surface area (Å²) in [6, 6.07) is 5.19. The highest BCUT2D eigenvalue weighted by molar-refractivity contribution is 5.96. The van der Waals surface area contributed by atoms with Crippen LogP contribution in [-0.2, 0) is 4.79 Å². The van der Waals surface area contributed by atoms with Crippen LogP contribution in [0.1, 0.15) is 43.1 Å². The third kappa shape index (κ3) is 6.99. The van der Waals surface area contributed by atoms with Crippen molar-refractivity contribution in [1.82, 2.24) is 10.6 Å². The highest BCUT2D eigenvalue weighted by Gasteiger charge is 2.14. The van der Waals surface area contributed by atoms with Crippen molar-refractivity contribution in [2.75, 3.05) is 12.3 Å². The molecule has 1 aromatic rings. The van der Waals surface area contributed by atoms with Gasteiger partial charge in [0, 0.05) is 29.8 Å². The molecule has 0 spiro atoms. The normalized spacial score (nSPS) is 10.5. The molecule has 5 nitrogen and oxygen atoms in total. The van der Waals surface area contributed by atoms with E-state index >= 15 is 0 Å². The highest BCUT2D eigenvalue weighted by Crippen LogP contribution is 2.12. The predicted molar refractivity (Wildman–Crippen MR) is 87.7 cm³/mol. The second-order valence-corrected chi connectivity index (χ2v) is 5.88. The second kappa shape index (κ2) is 7.88. The standard InChI is InChI=1S/C15H23N3O2.ClH/c1-10-5-6-11(16)9-12(10)14(20)17-8-7-13(19)18-15(2,3)4;/h5-6,9H,7-8,16H2,1-4H3,(H,17,20)(H,18,19);1H. The minimum Gasteiger partial charge on any atom is -0.399 e. The summed E-state index contributed by atoms with van der Waals surface area (Å²) in [6.45, 7) is 7.90. The maximum atomic E-state index is 12.0. The van der Waals surface area contributed by atoms with E-state index in [9.17, 15) is 9.59 Å². The van der Waals surface area contributed by atoms with Gasteiger partial charge in [0.25, 0.3) is 5.91 Å². The van der Waals surface area contributed by atoms with Crippen molar-refractivity contribution < 1.29 is 9.59 Å². The smallest absolute Gasteiger partial charge is 0.251 e. The summed E-state index contributed by atoms with van der Waals surface area (Å²) in [4.78, 5) is 23.6. The number of carbonyl (C=O) groups excluding carboxylic acids is 2. The summed E-state index contributed by atoms with van der Waals surface area (Å²) in [5, 5.41) is 5.57. The number of amides is 2. The van der Waals surface area contributed by atoms with Crippen LogP contribution in [0.3, 0.4) is 0 Å². The first-order valence-corrected chi connectivity index (χ1v) is 6.64. The number of halogens is 1. The largest absolute Gasteiger partial charge is 0.399 e. The van der Waals surface area contributed by atoms with Crippen LogP contribution in [0.15, 0.2) is 18.2 Å². The van der Waals surface area contributed by atoms with E-state index in [1.54, 1.807) is 18.2 Å². The van der Waals surface area contributed by atoms with Crippen LogP contribution in [-0.4, -0.2) is 23.9 Å². The molecule has 0 heterocycles. The van der Waals surface area contributed by atoms with E-state index in [4.69, 9.17) is 5.73 Å². The Morgan fingerprint density at radius 2 is 1.86 bits per heavy atom. The van der Waals surface area contributed by atoms with Gasteiger partial charge in [-0.05, 0) is 45.4 Å². The topological polar surface area (TPSA) is 84.2 Å². The highest BCUT2D eigenvalue weighted by atomic mass is 35.5. The number of nitrogen functional groups attached to an aromatic ring is 1. The van der Waals surface area contributed by atoms with Crippen LogP contribution in [0.25, 0.3) is 0 Å². The Morgan fingerprint density at radius 1 is 1.24 bits per heavy atom. The van der Waals surface area contributed by atoms with E-state index in [1.165, 1.54) is 0 Å². The minimum absolute atomic E-state index is 0. The number of hydrogen-bond donors (Lipinski definition) is 3. The van der Waals surface area contributed by atoms with Crippen LogP contribution in [0.4, 0.5) is 5.69 Å². The molecule has 0 unspecified atom stereocenters. The second-order valence-electron chi connectivity index (χ2n) is 5.88. The van der Waals surface area contributed by atoms with Gasteiger partial charge in [0.1, 0.15) is 0 Å². The zero-order valence-electron chi connectivity index (χ0n) is 12.9. The maximum absolute atomic E-state index is 12.0. The van der Waals surface area contributed by atoms with Gasteiger partial charge in [-0.15, -0.1) is 12.4 Å². The lowest BCUT2D eigenvalue weighted by Gasteiger charge is -2.20. The number of carbonyl (C=O) groups is 2. The van der Waals surface area contributed by atoms with E-state index < -0.39 is 0 Å². The average molecular weight is 314 g/mol. The Balaban J connectivity index is 0.00000400. The summed E-state index contributed by atoms with van der Waals surface area (Å²) in [7, 11) is 0. The number of nitrogens with one attached hydrogen (secondary N) is 2. The fraction of sp³-hybridized carbons (Fsp3) is 0.467. The summed E-state index contributed by atoms with van der Waals surface area (Å²) in [5.41, 5.74) is 7.36. The van der Waals surface area contributed by atoms with Gasteiger partial charge >= 0.3 is 0 Å². The molecule has 0 aliphatic carbocycles. The van der Waals surface area contributed by atoms with Crippen molar-refractivity contribution in [3.63, 3.8) is 0 Å². The molecule has 0 bridgehead atoms. The van der Waals surface area contributed by atoms with Gasteiger partial charge in [0.15, 0.2) is 0 Å². The van der Waals surface area contributed by atoms with Gasteiger partial charge in [0.2, 0.25) is 5.91 Å². The molecule has 0 fully saturated rings. The molecule has 0 radical (unpaired) electrons. The summed E-state index contributed by atoms with van der Waals surface area (Å²) in [5.74, 6) is -0.291. The van der Waals surface area contributed by atoms with Crippen molar-refractivity contribution in [2.45, 2.75) is 39.7 Å². The lowest BCUT2D eigenvalue weighted by atomic mass is 10.1. The fourth-order valence-corrected chi connectivity index (χ4v) is 1.75. The number of rotatable bonds is 4. The van der Waals surface area contributed by atoms with Crippen molar-refractivity contribution in [3.8, 4) is 0 Å². The van der Waals surface area contributed by atoms with Crippen LogP contribution in [0.5, 0.6) is 0 Å². The molecule has 6 heteroatoms. The average Bonchev–Trinajstić information content (AvgIpc) is 2.29. The first kappa shape index (κ1) is 19.2. The number of aryl methyl sites for hydroxylation is 1. The minimum atomic E-state index is -0.258. The van der Waals surface area contributed by atoms with Crippen molar-refractivity contribution >= 4 is 29.9 Å². The first-order chi connectivity index (χ1) is 9.19. The maximum Gasteiger partial charge on any atom is 0.251 e. The van der Waals surface area contributed by atoms with Crippen LogP contribution >= 0.6 is 12.4 Å². The first-order valence-electron chi connectivity index (χ1n) is 6.64. The third-order valence-electron chi connectivity index (χ3n) is 2.66. The Morgan fingerprint density at radius 3 is 2.43 bits per heavy atom. The Hall–Kier alpha value is -1.75. The quantitative estimate of drug-likeness (QED) is 0.744. The van der Waals surface area contributed by atoms with Crippen LogP contribution in [0, 0.1) is 6.92 Å². The number of anilines is 1. The molecule has 0 saturated heterocycles. The summed E-state index contributed by atoms with van der Waals surface area (Å²) < 4.78 is 0. The Labute approximate surface area is 132 Å². The summed E-state index contributed by atoms with van der Waals surface area (Å²) in [6.07, 6.45) is 0.254. The molecule has 21 heavy (non-hydrogen) atoms. The molecule has 0 atom stereocenters. The molecule has 2 amide bonds. The van der Waals surface area contributed by atoms with Gasteiger partial charge in [-0.2, -0.15) is 0 Å². The van der Waals surface area contributed by atoms with Crippen LogP contribution < -0.4 is 16.4 Å². The molecular weight excluding hydrogens is 290 g/mol. The monoisotopic (exact) mass is 313 g/mol. The molecule has 118 valence electrons. The van der Waals surface area contributed by atoms with Gasteiger partial charge in [0.05, 0.1) is 0 Å². The zero-order valence-corrected chi connectivity index (χ0v) is 13.8. The molecular formula is C15H24ClN3O2. The number of nitrogens with two attached hydrogens (primary N) is 1. The Kier molecular flexibility index (Phi) is 7.22. The van der Waals surface area contributed by atoms with E-state index in [0.29, 0.717) is 17.8 Å². The summed E-state index contributed by atoms with van der Waals surface area (Å²) >= 11 is 0. The molecule has 4 N–H and O–H groups in total. The van der Waals surface area contributed by atoms with Gasteiger partial charge in [-0.1, -0.05) is 6.07 Å². The Bertz CT molecular complexity index is 510. The van der Waals surface area contributed by atoms with E-state index in [1.807, 2.05) is 27.7 Å². The predicted octanol–water partition coefficient (Wildman–Crippen LogP) is 2.03. The van der Waals surface area contributed by atoms with Crippen molar-refractivity contribution in [3.05, 3.63) is 29.3 Å². The van der Waals surface area contributed by atoms with E-state index in [2.05, 4.69) is 10.6 Å². The van der Waals surface area contributed by atoms with Gasteiger partial charge < -0.3 is 16.4 Å². The molecule has 0 saturated carbocycles. The lowest BCUT2D eigenvalue weighted by Crippen LogP contribution is -2.42. The molecule has 0 aliphatic rings.